The first-order chi connectivity index (χ1) is 5.27. The van der Waals surface area contributed by atoms with Crippen molar-refractivity contribution in [1.82, 2.24) is 4.98 Å². The monoisotopic (exact) mass is 208 g/mol. The fourth-order valence-corrected chi connectivity index (χ4v) is 1.64. The Hall–Kier alpha value is -0.760. The Morgan fingerprint density at radius 3 is 3.00 bits per heavy atom. The van der Waals surface area contributed by atoms with Gasteiger partial charge in [-0.25, -0.2) is 0 Å². The number of benzene rings is 1. The lowest BCUT2D eigenvalue weighted by molar-refractivity contribution is 1.29. The van der Waals surface area contributed by atoms with Crippen LogP contribution >= 0.6 is 15.9 Å². The molecule has 0 bridgehead atoms. The van der Waals surface area contributed by atoms with Gasteiger partial charge in [0.1, 0.15) is 0 Å². The molecule has 0 aliphatic carbocycles. The Bertz CT molecular complexity index is 389. The molecule has 11 heavy (non-hydrogen) atoms. The van der Waals surface area contributed by atoms with E-state index in [2.05, 4.69) is 27.0 Å². The average Bonchev–Trinajstić information content (AvgIpc) is 2.31. The molecule has 1 N–H and O–H groups in total. The van der Waals surface area contributed by atoms with E-state index in [0.717, 1.165) is 21.1 Å². The molecule has 0 atom stereocenters. The van der Waals surface area contributed by atoms with E-state index in [1.54, 1.807) is 0 Å². The first-order valence-electron chi connectivity index (χ1n) is 3.43. The van der Waals surface area contributed by atoms with Crippen molar-refractivity contribution < 1.29 is 0 Å². The number of aromatic amines is 1. The number of nitrogens with one attached hydrogen (secondary N) is 1. The van der Waals surface area contributed by atoms with Crippen LogP contribution in [0.25, 0.3) is 10.9 Å². The van der Waals surface area contributed by atoms with Crippen LogP contribution in [0.4, 0.5) is 0 Å². The second-order valence-corrected chi connectivity index (χ2v) is 3.39. The van der Waals surface area contributed by atoms with Crippen LogP contribution in [-0.4, -0.2) is 4.98 Å². The van der Waals surface area contributed by atoms with Gasteiger partial charge in [-0.1, -0.05) is 12.1 Å². The first-order valence-corrected chi connectivity index (χ1v) is 4.23. The summed E-state index contributed by atoms with van der Waals surface area (Å²) in [6.07, 6.45) is 0. The zero-order chi connectivity index (χ0) is 7.84. The fourth-order valence-electron chi connectivity index (χ4n) is 1.18. The molecule has 0 unspecified atom stereocenters. The van der Waals surface area contributed by atoms with Crippen molar-refractivity contribution in [3.8, 4) is 0 Å². The molecule has 1 nitrogen and oxygen atoms in total. The van der Waals surface area contributed by atoms with Crippen LogP contribution in [0.1, 0.15) is 5.69 Å². The largest absolute Gasteiger partial charge is 0.357 e. The van der Waals surface area contributed by atoms with E-state index < -0.39 is 0 Å². The minimum absolute atomic E-state index is 1.08. The number of fused-ring (bicyclic) bond motifs is 1. The van der Waals surface area contributed by atoms with Crippen LogP contribution in [0, 0.1) is 13.0 Å². The summed E-state index contributed by atoms with van der Waals surface area (Å²) in [5.74, 6) is 0. The van der Waals surface area contributed by atoms with Crippen molar-refractivity contribution in [1.29, 1.82) is 0 Å². The highest BCUT2D eigenvalue weighted by Crippen LogP contribution is 2.22. The standard InChI is InChI=1S/C9H7BrN/c1-6-5-7-3-2-4-8(10)9(7)11-6/h2-4,11H,1H3. The van der Waals surface area contributed by atoms with Gasteiger partial charge in [0.15, 0.2) is 0 Å². The minimum atomic E-state index is 1.08. The SMILES string of the molecule is Cc1[c]c2cccc(Br)c2[nH]1. The first kappa shape index (κ1) is 6.92. The second-order valence-electron chi connectivity index (χ2n) is 2.54. The van der Waals surface area contributed by atoms with E-state index in [-0.39, 0.29) is 0 Å². The molecular weight excluding hydrogens is 202 g/mol. The van der Waals surface area contributed by atoms with Gasteiger partial charge in [0.25, 0.3) is 0 Å². The average molecular weight is 209 g/mol. The van der Waals surface area contributed by atoms with Crippen molar-refractivity contribution in [2.45, 2.75) is 6.92 Å². The van der Waals surface area contributed by atoms with Gasteiger partial charge in [-0.3, -0.25) is 0 Å². The summed E-state index contributed by atoms with van der Waals surface area (Å²) in [5.41, 5.74) is 2.21. The third-order valence-corrected chi connectivity index (χ3v) is 2.31. The third kappa shape index (κ3) is 1.07. The van der Waals surface area contributed by atoms with Gasteiger partial charge < -0.3 is 4.98 Å². The zero-order valence-electron chi connectivity index (χ0n) is 6.11. The molecule has 0 aliphatic rings. The van der Waals surface area contributed by atoms with Crippen molar-refractivity contribution in [2.24, 2.45) is 0 Å². The summed E-state index contributed by atoms with van der Waals surface area (Å²) >= 11 is 3.46. The number of rotatable bonds is 0. The molecule has 0 spiro atoms. The normalized spacial score (nSPS) is 10.7. The lowest BCUT2D eigenvalue weighted by Gasteiger charge is -1.90. The van der Waals surface area contributed by atoms with E-state index in [1.165, 1.54) is 0 Å². The van der Waals surface area contributed by atoms with E-state index in [9.17, 15) is 0 Å². The molecule has 0 fully saturated rings. The van der Waals surface area contributed by atoms with Crippen LogP contribution in [0.15, 0.2) is 22.7 Å². The van der Waals surface area contributed by atoms with E-state index >= 15 is 0 Å². The quantitative estimate of drug-likeness (QED) is 0.686. The van der Waals surface area contributed by atoms with Gasteiger partial charge in [0.05, 0.1) is 5.52 Å². The summed E-state index contributed by atoms with van der Waals surface area (Å²) in [6, 6.07) is 9.29. The van der Waals surface area contributed by atoms with Gasteiger partial charge in [0, 0.05) is 21.6 Å². The van der Waals surface area contributed by atoms with E-state index in [1.807, 2.05) is 25.1 Å². The summed E-state index contributed by atoms with van der Waals surface area (Å²) in [5, 5.41) is 1.14. The molecule has 1 heterocycles. The lowest BCUT2D eigenvalue weighted by Crippen LogP contribution is -1.69. The third-order valence-electron chi connectivity index (χ3n) is 1.65. The fraction of sp³-hybridized carbons (Fsp3) is 0.111. The lowest BCUT2D eigenvalue weighted by atomic mass is 10.2. The molecule has 1 radical (unpaired) electrons. The molecular formula is C9H7BrN. The van der Waals surface area contributed by atoms with Gasteiger partial charge in [-0.15, -0.1) is 0 Å². The number of hydrogen-bond donors (Lipinski definition) is 1. The van der Waals surface area contributed by atoms with Crippen LogP contribution in [-0.2, 0) is 0 Å². The van der Waals surface area contributed by atoms with Crippen LogP contribution < -0.4 is 0 Å². The Morgan fingerprint density at radius 1 is 1.45 bits per heavy atom. The maximum Gasteiger partial charge on any atom is 0.0606 e. The Labute approximate surface area is 73.6 Å². The summed E-state index contributed by atoms with van der Waals surface area (Å²) in [6.45, 7) is 2.01. The molecule has 55 valence electrons. The number of hydrogen-bond acceptors (Lipinski definition) is 0. The molecule has 1 aromatic carbocycles. The Kier molecular flexibility index (Phi) is 1.50. The second kappa shape index (κ2) is 2.38. The van der Waals surface area contributed by atoms with Crippen molar-refractivity contribution in [3.63, 3.8) is 0 Å². The number of aryl methyl sites for hydroxylation is 1. The summed E-state index contributed by atoms with van der Waals surface area (Å²) < 4.78 is 1.10. The number of para-hydroxylation sites is 1. The predicted octanol–water partition coefficient (Wildman–Crippen LogP) is 3.04. The minimum Gasteiger partial charge on any atom is -0.357 e. The van der Waals surface area contributed by atoms with E-state index in [0.29, 0.717) is 0 Å². The number of aromatic nitrogens is 1. The van der Waals surface area contributed by atoms with E-state index in [4.69, 9.17) is 0 Å². The highest BCUT2D eigenvalue weighted by atomic mass is 79.9. The predicted molar refractivity (Wildman–Crippen MR) is 49.6 cm³/mol. The van der Waals surface area contributed by atoms with Crippen LogP contribution in [0.3, 0.4) is 0 Å². The van der Waals surface area contributed by atoms with Crippen molar-refractivity contribution >= 4 is 26.8 Å². The van der Waals surface area contributed by atoms with Crippen LogP contribution in [0.5, 0.6) is 0 Å². The molecule has 0 amide bonds. The zero-order valence-corrected chi connectivity index (χ0v) is 7.70. The summed E-state index contributed by atoms with van der Waals surface area (Å²) in [7, 11) is 0. The van der Waals surface area contributed by atoms with Gasteiger partial charge in [-0.05, 0) is 28.9 Å². The van der Waals surface area contributed by atoms with Crippen molar-refractivity contribution in [2.75, 3.05) is 0 Å². The number of H-pyrrole nitrogens is 1. The van der Waals surface area contributed by atoms with Crippen molar-refractivity contribution in [3.05, 3.63) is 34.4 Å². The molecule has 0 aliphatic heterocycles. The number of halogens is 1. The summed E-state index contributed by atoms with van der Waals surface area (Å²) in [4.78, 5) is 3.22. The molecule has 2 heteroatoms. The maximum atomic E-state index is 3.46. The Morgan fingerprint density at radius 2 is 2.27 bits per heavy atom. The van der Waals surface area contributed by atoms with Gasteiger partial charge in [0.2, 0.25) is 0 Å². The topological polar surface area (TPSA) is 15.8 Å². The highest BCUT2D eigenvalue weighted by Gasteiger charge is 1.99. The molecule has 2 aromatic rings. The molecule has 0 saturated carbocycles. The Balaban J connectivity index is 2.90. The highest BCUT2D eigenvalue weighted by molar-refractivity contribution is 9.10. The molecule has 0 saturated heterocycles. The maximum absolute atomic E-state index is 3.46. The van der Waals surface area contributed by atoms with Gasteiger partial charge >= 0.3 is 0 Å². The smallest absolute Gasteiger partial charge is 0.0606 e. The molecule has 2 rings (SSSR count). The van der Waals surface area contributed by atoms with Crippen LogP contribution in [0.2, 0.25) is 0 Å². The van der Waals surface area contributed by atoms with Gasteiger partial charge in [-0.2, -0.15) is 0 Å². The molecule has 1 aromatic heterocycles.